The molecule has 0 aromatic carbocycles. The molecule has 0 aromatic heterocycles. The first-order valence-corrected chi connectivity index (χ1v) is 13.1. The molecule has 0 bridgehead atoms. The van der Waals surface area contributed by atoms with Gasteiger partial charge in [0.1, 0.15) is 37.1 Å². The maximum atomic E-state index is 11.9. The van der Waals surface area contributed by atoms with Crippen LogP contribution in [0.1, 0.15) is 71.1 Å². The van der Waals surface area contributed by atoms with Gasteiger partial charge in [0.05, 0.1) is 13.2 Å². The van der Waals surface area contributed by atoms with Gasteiger partial charge < -0.3 is 39.7 Å². The highest BCUT2D eigenvalue weighted by Crippen LogP contribution is 2.22. The summed E-state index contributed by atoms with van der Waals surface area (Å²) in [6.07, 6.45) is 14.3. The first kappa shape index (κ1) is 32.4. The topological polar surface area (TPSA) is 146 Å². The van der Waals surface area contributed by atoms with E-state index in [1.54, 1.807) is 0 Å². The Hall–Kier alpha value is -1.59. The van der Waals surface area contributed by atoms with Crippen molar-refractivity contribution in [3.63, 3.8) is 0 Å². The predicted octanol–water partition coefficient (Wildman–Crippen LogP) is 2.30. The third-order valence-corrected chi connectivity index (χ3v) is 5.77. The number of aliphatic hydroxyl groups is 5. The summed E-state index contributed by atoms with van der Waals surface area (Å²) in [6, 6.07) is 0. The number of esters is 1. The van der Waals surface area contributed by atoms with E-state index in [2.05, 4.69) is 43.4 Å². The highest BCUT2D eigenvalue weighted by atomic mass is 16.7. The molecule has 1 aliphatic heterocycles. The molecular formula is C27H46O9. The van der Waals surface area contributed by atoms with E-state index >= 15 is 0 Å². The number of carbonyl (C=O) groups is 1. The van der Waals surface area contributed by atoms with Crippen LogP contribution in [0.4, 0.5) is 0 Å². The first-order chi connectivity index (χ1) is 17.4. The molecule has 6 atom stereocenters. The zero-order valence-electron chi connectivity index (χ0n) is 21.5. The average molecular weight is 515 g/mol. The van der Waals surface area contributed by atoms with Gasteiger partial charge in [0, 0.05) is 6.42 Å². The Balaban J connectivity index is 2.02. The average Bonchev–Trinajstić information content (AvgIpc) is 2.88. The molecule has 1 fully saturated rings. The van der Waals surface area contributed by atoms with Crippen molar-refractivity contribution in [1.29, 1.82) is 0 Å². The van der Waals surface area contributed by atoms with Crippen LogP contribution in [0.5, 0.6) is 0 Å². The van der Waals surface area contributed by atoms with Gasteiger partial charge in [0.2, 0.25) is 0 Å². The standard InChI is InChI=1S/C27H46O9/c1-2-3-4-5-6-7-8-9-10-11-12-13-14-15-16-17-23(30)34-19-21(29)20-35-27-26(33)25(32)24(31)22(18-28)36-27/h3-4,6-7,9-10,21-22,24-29,31-33H,2,5,8,11-20H2,1H3/b4-3-,7-6-,10-9-/t21?,22-,24+,25+,26-,27+/m1/s1. The van der Waals surface area contributed by atoms with Crippen LogP contribution in [-0.2, 0) is 19.0 Å². The fraction of sp³-hybridized carbons (Fsp3) is 0.741. The SMILES string of the molecule is CC/C=C\C/C=C\C/C=C\CCCCCCCC(=O)OCC(O)CO[C@H]1O[C@H](CO)[C@H](O)[C@H](O)[C@H]1O. The van der Waals surface area contributed by atoms with Crippen molar-refractivity contribution < 1.29 is 44.5 Å². The molecule has 208 valence electrons. The van der Waals surface area contributed by atoms with E-state index in [0.29, 0.717) is 0 Å². The van der Waals surface area contributed by atoms with Crippen LogP contribution >= 0.6 is 0 Å². The van der Waals surface area contributed by atoms with E-state index in [4.69, 9.17) is 19.3 Å². The Labute approximate surface area is 215 Å². The lowest BCUT2D eigenvalue weighted by molar-refractivity contribution is -0.305. The largest absolute Gasteiger partial charge is 0.463 e. The van der Waals surface area contributed by atoms with Gasteiger partial charge in [-0.1, -0.05) is 62.6 Å². The van der Waals surface area contributed by atoms with Gasteiger partial charge in [0.25, 0.3) is 0 Å². The summed E-state index contributed by atoms with van der Waals surface area (Å²) in [5, 5.41) is 48.5. The van der Waals surface area contributed by atoms with E-state index in [1.807, 2.05) is 0 Å². The van der Waals surface area contributed by atoms with Gasteiger partial charge in [0.15, 0.2) is 6.29 Å². The van der Waals surface area contributed by atoms with E-state index in [0.717, 1.165) is 57.8 Å². The van der Waals surface area contributed by atoms with Crippen LogP contribution in [0.15, 0.2) is 36.5 Å². The first-order valence-electron chi connectivity index (χ1n) is 13.1. The van der Waals surface area contributed by atoms with Crippen molar-refractivity contribution in [2.75, 3.05) is 19.8 Å². The molecule has 0 radical (unpaired) electrons. The van der Waals surface area contributed by atoms with E-state index in [9.17, 15) is 25.2 Å². The quantitative estimate of drug-likeness (QED) is 0.0995. The second kappa shape index (κ2) is 20.5. The number of hydrogen-bond donors (Lipinski definition) is 5. The van der Waals surface area contributed by atoms with Crippen LogP contribution in [-0.4, -0.2) is 88.1 Å². The summed E-state index contributed by atoms with van der Waals surface area (Å²) in [4.78, 5) is 11.9. The number of ether oxygens (including phenoxy) is 3. The Morgan fingerprint density at radius 3 is 2.19 bits per heavy atom. The summed E-state index contributed by atoms with van der Waals surface area (Å²) in [5.41, 5.74) is 0. The second-order valence-electron chi connectivity index (χ2n) is 8.97. The molecule has 9 heteroatoms. The van der Waals surface area contributed by atoms with Gasteiger partial charge >= 0.3 is 5.97 Å². The van der Waals surface area contributed by atoms with Crippen molar-refractivity contribution in [1.82, 2.24) is 0 Å². The Morgan fingerprint density at radius 2 is 1.50 bits per heavy atom. The third-order valence-electron chi connectivity index (χ3n) is 5.77. The summed E-state index contributed by atoms with van der Waals surface area (Å²) in [7, 11) is 0. The molecule has 1 rings (SSSR count). The number of hydrogen-bond acceptors (Lipinski definition) is 9. The number of aliphatic hydroxyl groups excluding tert-OH is 5. The minimum Gasteiger partial charge on any atom is -0.463 e. The summed E-state index contributed by atoms with van der Waals surface area (Å²) < 4.78 is 15.5. The van der Waals surface area contributed by atoms with E-state index in [1.165, 1.54) is 0 Å². The maximum Gasteiger partial charge on any atom is 0.305 e. The molecule has 0 saturated carbocycles. The van der Waals surface area contributed by atoms with Gasteiger partial charge in [-0.15, -0.1) is 0 Å². The molecular weight excluding hydrogens is 468 g/mol. The maximum absolute atomic E-state index is 11.9. The molecule has 1 heterocycles. The van der Waals surface area contributed by atoms with E-state index in [-0.39, 0.29) is 19.6 Å². The Morgan fingerprint density at radius 1 is 0.861 bits per heavy atom. The van der Waals surface area contributed by atoms with Gasteiger partial charge in [-0.3, -0.25) is 4.79 Å². The highest BCUT2D eigenvalue weighted by molar-refractivity contribution is 5.69. The summed E-state index contributed by atoms with van der Waals surface area (Å²) in [6.45, 7) is 0.964. The lowest BCUT2D eigenvalue weighted by atomic mass is 9.99. The second-order valence-corrected chi connectivity index (χ2v) is 8.97. The monoisotopic (exact) mass is 514 g/mol. The zero-order valence-corrected chi connectivity index (χ0v) is 21.5. The zero-order chi connectivity index (χ0) is 26.6. The Bertz CT molecular complexity index is 647. The van der Waals surface area contributed by atoms with Crippen LogP contribution in [0.25, 0.3) is 0 Å². The lowest BCUT2D eigenvalue weighted by Gasteiger charge is -2.39. The lowest BCUT2D eigenvalue weighted by Crippen LogP contribution is -2.59. The third kappa shape index (κ3) is 14.2. The fourth-order valence-corrected chi connectivity index (χ4v) is 3.61. The van der Waals surface area contributed by atoms with Crippen molar-refractivity contribution in [2.45, 2.75) is 108 Å². The van der Waals surface area contributed by atoms with Gasteiger partial charge in [-0.25, -0.2) is 0 Å². The molecule has 1 unspecified atom stereocenters. The van der Waals surface area contributed by atoms with Crippen LogP contribution in [0.2, 0.25) is 0 Å². The fourth-order valence-electron chi connectivity index (χ4n) is 3.61. The van der Waals surface area contributed by atoms with E-state index < -0.39 is 49.4 Å². The van der Waals surface area contributed by atoms with Crippen molar-refractivity contribution in [3.8, 4) is 0 Å². The van der Waals surface area contributed by atoms with Gasteiger partial charge in [-0.2, -0.15) is 0 Å². The molecule has 1 saturated heterocycles. The van der Waals surface area contributed by atoms with Gasteiger partial charge in [-0.05, 0) is 38.5 Å². The smallest absolute Gasteiger partial charge is 0.305 e. The number of unbranched alkanes of at least 4 members (excludes halogenated alkanes) is 5. The van der Waals surface area contributed by atoms with Crippen molar-refractivity contribution in [2.24, 2.45) is 0 Å². The molecule has 5 N–H and O–H groups in total. The summed E-state index contributed by atoms with van der Waals surface area (Å²) in [5.74, 6) is -0.400. The summed E-state index contributed by atoms with van der Waals surface area (Å²) >= 11 is 0. The minimum absolute atomic E-state index is 0.271. The molecule has 0 aliphatic carbocycles. The number of allylic oxidation sites excluding steroid dienone is 6. The van der Waals surface area contributed by atoms with Crippen molar-refractivity contribution in [3.05, 3.63) is 36.5 Å². The molecule has 0 amide bonds. The molecule has 9 nitrogen and oxygen atoms in total. The minimum atomic E-state index is -1.56. The van der Waals surface area contributed by atoms with Crippen molar-refractivity contribution >= 4 is 5.97 Å². The predicted molar refractivity (Wildman–Crippen MR) is 136 cm³/mol. The highest BCUT2D eigenvalue weighted by Gasteiger charge is 2.44. The van der Waals surface area contributed by atoms with Crippen LogP contribution in [0.3, 0.4) is 0 Å². The molecule has 36 heavy (non-hydrogen) atoms. The molecule has 0 spiro atoms. The normalized spacial score (nSPS) is 25.8. The Kier molecular flexibility index (Phi) is 18.4. The van der Waals surface area contributed by atoms with Crippen LogP contribution in [0, 0.1) is 0 Å². The molecule has 0 aromatic rings. The number of rotatable bonds is 19. The molecule has 1 aliphatic rings. The van der Waals surface area contributed by atoms with Crippen LogP contribution < -0.4 is 0 Å². The number of carbonyl (C=O) groups excluding carboxylic acids is 1.